The van der Waals surface area contributed by atoms with Crippen molar-refractivity contribution in [2.45, 2.75) is 83.1 Å². The van der Waals surface area contributed by atoms with Gasteiger partial charge in [0.1, 0.15) is 0 Å². The zero-order valence-corrected chi connectivity index (χ0v) is 59.8. The fourth-order valence-corrected chi connectivity index (χ4v) is 23.3. The van der Waals surface area contributed by atoms with Gasteiger partial charge in [0.25, 0.3) is 0 Å². The lowest BCUT2D eigenvalue weighted by Gasteiger charge is -2.23. The summed E-state index contributed by atoms with van der Waals surface area (Å²) < 4.78 is 65.8. The van der Waals surface area contributed by atoms with Crippen LogP contribution >= 0.6 is 28.6 Å². The molecule has 0 N–H and O–H groups in total. The van der Waals surface area contributed by atoms with Crippen LogP contribution in [0.2, 0.25) is 0 Å². The average molecular weight is 1380 g/mol. The van der Waals surface area contributed by atoms with E-state index >= 15 is 61.4 Å². The van der Waals surface area contributed by atoms with Crippen LogP contribution in [0.25, 0.3) is 0 Å². The largest absolute Gasteiger partial charge is 0.302 e. The number of hydrogen-bond acceptors (Lipinski definition) is 13. The van der Waals surface area contributed by atoms with Crippen LogP contribution < -0.4 is 21.2 Å². The lowest BCUT2D eigenvalue weighted by molar-refractivity contribution is 0.101. The Bertz CT molecular complexity index is 4880. The van der Waals surface area contributed by atoms with Gasteiger partial charge in [0.15, 0.2) is 5.78 Å². The van der Waals surface area contributed by atoms with Crippen molar-refractivity contribution in [2.75, 3.05) is 0 Å². The molecule has 0 aliphatic rings. The van der Waals surface area contributed by atoms with E-state index in [1.807, 2.05) is 0 Å². The third kappa shape index (κ3) is 12.4. The quantitative estimate of drug-likeness (QED) is 0.0455. The minimum atomic E-state index is -5.31. The van der Waals surface area contributed by atoms with Gasteiger partial charge in [-0.05, 0) is 152 Å². The Hall–Kier alpha value is -9.85. The van der Waals surface area contributed by atoms with Gasteiger partial charge >= 0.3 is 0 Å². The Labute approximate surface area is 569 Å². The van der Waals surface area contributed by atoms with E-state index < -0.39 is 112 Å². The maximum atomic E-state index is 16.5. The smallest absolute Gasteiger partial charge is 0.248 e. The van der Waals surface area contributed by atoms with E-state index in [-0.39, 0.29) is 43.5 Å². The zero-order valence-electron chi connectivity index (χ0n) is 56.2. The van der Waals surface area contributed by atoms with Gasteiger partial charge in [0.2, 0.25) is 72.8 Å². The summed E-state index contributed by atoms with van der Waals surface area (Å²) >= 11 is 0. The van der Waals surface area contributed by atoms with Crippen LogP contribution in [0.1, 0.15) is 166 Å². The minimum absolute atomic E-state index is 0.0361. The highest BCUT2D eigenvalue weighted by atomic mass is 31.2. The van der Waals surface area contributed by atoms with Gasteiger partial charge in [-0.3, -0.25) is 43.2 Å². The van der Waals surface area contributed by atoms with Crippen molar-refractivity contribution < 1.29 is 61.4 Å². The summed E-state index contributed by atoms with van der Waals surface area (Å²) in [6.45, 7) is 20.1. The molecule has 0 amide bonds. The molecule has 0 bridgehead atoms. The first-order valence-corrected chi connectivity index (χ1v) is 38.3. The van der Waals surface area contributed by atoms with Gasteiger partial charge in [-0.15, -0.1) is 0 Å². The maximum Gasteiger partial charge on any atom is 0.248 e. The van der Waals surface area contributed by atoms with Gasteiger partial charge in [0, 0.05) is 76.9 Å². The number of carbonyl (C=O) groups excluding carboxylic acids is 9. The molecule has 0 saturated heterocycles. The summed E-state index contributed by atoms with van der Waals surface area (Å²) in [6, 6.07) is 47.8. The van der Waals surface area contributed by atoms with E-state index in [0.717, 1.165) is 58.7 Å². The Morgan fingerprint density at radius 3 is 0.592 bits per heavy atom. The van der Waals surface area contributed by atoms with Gasteiger partial charge in [-0.2, -0.15) is 0 Å². The molecule has 10 aromatic rings. The van der Waals surface area contributed by atoms with Crippen molar-refractivity contribution in [1.29, 1.82) is 0 Å². The zero-order chi connectivity index (χ0) is 71.2. The van der Waals surface area contributed by atoms with Crippen LogP contribution in [0.3, 0.4) is 0 Å². The van der Waals surface area contributed by atoms with Crippen molar-refractivity contribution >= 4 is 99.8 Å². The molecule has 98 heavy (non-hydrogen) atoms. The monoisotopic (exact) mass is 1370 g/mol. The molecular weight excluding hydrogens is 1300 g/mol. The first kappa shape index (κ1) is 70.9. The van der Waals surface area contributed by atoms with E-state index in [0.29, 0.717) is 44.5 Å². The first-order valence-electron chi connectivity index (χ1n) is 31.5. The highest BCUT2D eigenvalue weighted by Crippen LogP contribution is 2.58. The van der Waals surface area contributed by atoms with Gasteiger partial charge in [-0.25, -0.2) is 0 Å². The van der Waals surface area contributed by atoms with E-state index in [2.05, 4.69) is 0 Å². The van der Waals surface area contributed by atoms with Crippen LogP contribution in [0.5, 0.6) is 0 Å². The van der Waals surface area contributed by atoms with Crippen molar-refractivity contribution in [2.24, 2.45) is 0 Å². The number of rotatable bonds is 22. The Morgan fingerprint density at radius 2 is 0.398 bits per heavy atom. The number of benzene rings is 10. The summed E-state index contributed by atoms with van der Waals surface area (Å²) in [4.78, 5) is 143. The summed E-state index contributed by atoms with van der Waals surface area (Å²) in [6.07, 6.45) is 0. The molecule has 4 unspecified atom stereocenters. The predicted octanol–water partition coefficient (Wildman–Crippen LogP) is 17.3. The summed E-state index contributed by atoms with van der Waals surface area (Å²) in [5.41, 5.74) is -8.68. The average Bonchev–Trinajstić information content (AvgIpc) is 0.741. The van der Waals surface area contributed by atoms with Gasteiger partial charge < -0.3 is 18.3 Å². The molecule has 0 aromatic heterocycles. The molecule has 10 aromatic carbocycles. The van der Waals surface area contributed by atoms with Crippen LogP contribution in [-0.4, -0.2) is 50.0 Å². The molecule has 13 nitrogen and oxygen atoms in total. The van der Waals surface area contributed by atoms with Gasteiger partial charge in [0.05, 0.1) is 0 Å². The Morgan fingerprint density at radius 1 is 0.214 bits per heavy atom. The standard InChI is InChI=1S/C81H70O13P4/c1-47-37-51(5)69(52(6)38-47)78(87)95(91,61-25-17-13-18-26-61)74(83)65-35-33-59(45-67(65)76(85)97(93,63-29-21-15-22-30-63)80(89)71-55(9)41-49(3)42-56(71)10)73(82)60-34-36-66(75(84)96(92,62-27-19-14-20-28-62)79(88)70-53(7)39-48(2)40-54(70)8)68(46-60)77(86)98(94,64-31-23-16-24-32-64)81(90)72-57(11)43-50(4)44-58(72)12/h13-46H,1-12H3. The molecule has 0 spiro atoms. The fraction of sp³-hybridized carbons (Fsp3) is 0.148. The summed E-state index contributed by atoms with van der Waals surface area (Å²) in [5.74, 6) is -1.11. The summed E-state index contributed by atoms with van der Waals surface area (Å²) in [5, 5.41) is -0.994. The van der Waals surface area contributed by atoms with Gasteiger partial charge in [-0.1, -0.05) is 204 Å². The number of hydrogen-bond donors (Lipinski definition) is 0. The van der Waals surface area contributed by atoms with Crippen LogP contribution in [0, 0.1) is 83.1 Å². The van der Waals surface area contributed by atoms with Crippen LogP contribution in [-0.2, 0) is 18.3 Å². The third-order valence-electron chi connectivity index (χ3n) is 17.8. The summed E-state index contributed by atoms with van der Waals surface area (Å²) in [7, 11) is -21.0. The molecule has 10 rings (SSSR count). The van der Waals surface area contributed by atoms with Crippen molar-refractivity contribution in [3.63, 3.8) is 0 Å². The SMILES string of the molecule is Cc1cc(C)c(C(=O)P(=O)(C(=O)c2ccc(C(=O)c3ccc(C(=O)P(=O)(C(=O)c4c(C)cc(C)cc4C)c4ccccc4)c(C(=O)P(=O)(C(=O)c4c(C)cc(C)cc4C)c4ccccc4)c3)cc2C(=O)P(=O)(C(=O)c2c(C)cc(C)cc2C)c2ccccc2)c2ccccc2)c(C)c1. The van der Waals surface area contributed by atoms with Crippen LogP contribution in [0.15, 0.2) is 206 Å². The maximum absolute atomic E-state index is 16.5. The second kappa shape index (κ2) is 27.6. The molecule has 0 radical (unpaired) electrons. The minimum Gasteiger partial charge on any atom is -0.302 e. The Balaban J connectivity index is 1.26. The molecule has 4 atom stereocenters. The number of aryl methyl sites for hydroxylation is 12. The second-order valence-corrected chi connectivity index (χ2v) is 35.4. The molecule has 0 aliphatic heterocycles. The van der Waals surface area contributed by atoms with E-state index in [1.165, 1.54) is 97.1 Å². The lowest BCUT2D eigenvalue weighted by atomic mass is 9.96. The fourth-order valence-electron chi connectivity index (χ4n) is 13.5. The molecular formula is C81H70O13P4. The van der Waals surface area contributed by atoms with E-state index in [9.17, 15) is 0 Å². The molecule has 17 heteroatoms. The molecule has 0 saturated carbocycles. The molecule has 0 fully saturated rings. The van der Waals surface area contributed by atoms with Crippen molar-refractivity contribution in [1.82, 2.24) is 0 Å². The van der Waals surface area contributed by atoms with Crippen molar-refractivity contribution in [3.8, 4) is 0 Å². The molecule has 0 heterocycles. The number of carbonyl (C=O) groups is 9. The predicted molar refractivity (Wildman–Crippen MR) is 388 cm³/mol. The third-order valence-corrected chi connectivity index (χ3v) is 28.4. The molecule has 492 valence electrons. The normalized spacial score (nSPS) is 13.8. The van der Waals surface area contributed by atoms with E-state index in [4.69, 9.17) is 0 Å². The Kier molecular flexibility index (Phi) is 20.0. The lowest BCUT2D eigenvalue weighted by Crippen LogP contribution is -2.26. The topological polar surface area (TPSA) is 222 Å². The second-order valence-electron chi connectivity index (χ2n) is 25.2. The van der Waals surface area contributed by atoms with E-state index in [1.54, 1.807) is 156 Å². The van der Waals surface area contributed by atoms with Crippen molar-refractivity contribution in [3.05, 3.63) is 329 Å². The highest BCUT2D eigenvalue weighted by Gasteiger charge is 2.52. The number of ketones is 1. The van der Waals surface area contributed by atoms with Crippen LogP contribution in [0.4, 0.5) is 0 Å². The first-order chi connectivity index (χ1) is 46.3. The molecule has 0 aliphatic carbocycles. The highest BCUT2D eigenvalue weighted by molar-refractivity contribution is 8.02.